The van der Waals surface area contributed by atoms with Crippen LogP contribution in [0.15, 0.2) is 83.8 Å². The number of allylic oxidation sites excluding steroid dienone is 2. The molecule has 0 bridgehead atoms. The average molecular weight is 479 g/mol. The Morgan fingerprint density at radius 2 is 1.79 bits per heavy atom. The lowest BCUT2D eigenvalue weighted by molar-refractivity contribution is 0.0600. The number of fused-ring (bicyclic) bond motifs is 3. The maximum Gasteiger partial charge on any atom is 0.337 e. The van der Waals surface area contributed by atoms with Gasteiger partial charge in [-0.25, -0.2) is 17.6 Å². The smallest absolute Gasteiger partial charge is 0.337 e. The number of carbonyl (C=O) groups is 1. The number of rotatable bonds is 5. The summed E-state index contributed by atoms with van der Waals surface area (Å²) in [4.78, 5) is 11.9. The first-order valence-electron chi connectivity index (χ1n) is 10.9. The predicted molar refractivity (Wildman–Crippen MR) is 128 cm³/mol. The summed E-state index contributed by atoms with van der Waals surface area (Å²) in [6.07, 6.45) is 5.11. The summed E-state index contributed by atoms with van der Waals surface area (Å²) in [5, 5.41) is 3.57. The molecule has 6 nitrogen and oxygen atoms in total. The van der Waals surface area contributed by atoms with Crippen LogP contribution in [0.1, 0.15) is 39.9 Å². The number of hydrogen-bond donors (Lipinski definition) is 2. The molecule has 3 aromatic carbocycles. The maximum absolute atomic E-state index is 13.2. The Labute approximate surface area is 197 Å². The molecule has 3 atom stereocenters. The molecule has 1 heterocycles. The van der Waals surface area contributed by atoms with Crippen LogP contribution in [0.2, 0.25) is 0 Å². The van der Waals surface area contributed by atoms with Gasteiger partial charge in [-0.2, -0.15) is 0 Å². The average Bonchev–Trinajstić information content (AvgIpc) is 3.34. The minimum atomic E-state index is -3.84. The van der Waals surface area contributed by atoms with Crippen molar-refractivity contribution in [1.82, 2.24) is 0 Å². The third-order valence-electron chi connectivity index (χ3n) is 6.43. The number of methoxy groups -OCH3 is 1. The zero-order chi connectivity index (χ0) is 23.9. The summed E-state index contributed by atoms with van der Waals surface area (Å²) in [6.45, 7) is 0. The van der Waals surface area contributed by atoms with Crippen LogP contribution in [-0.2, 0) is 14.8 Å². The van der Waals surface area contributed by atoms with Crippen LogP contribution in [0, 0.1) is 11.7 Å². The van der Waals surface area contributed by atoms with Gasteiger partial charge in [-0.05, 0) is 78.1 Å². The van der Waals surface area contributed by atoms with Gasteiger partial charge in [-0.15, -0.1) is 0 Å². The summed E-state index contributed by atoms with van der Waals surface area (Å²) < 4.78 is 46.4. The van der Waals surface area contributed by atoms with Gasteiger partial charge >= 0.3 is 5.97 Å². The number of sulfonamides is 1. The van der Waals surface area contributed by atoms with E-state index in [-0.39, 0.29) is 28.7 Å². The fourth-order valence-corrected chi connectivity index (χ4v) is 5.84. The fourth-order valence-electron chi connectivity index (χ4n) is 4.75. The summed E-state index contributed by atoms with van der Waals surface area (Å²) in [6, 6.07) is 17.6. The molecule has 0 saturated carbocycles. The zero-order valence-corrected chi connectivity index (χ0v) is 19.2. The third-order valence-corrected chi connectivity index (χ3v) is 7.81. The molecule has 2 N–H and O–H groups in total. The van der Waals surface area contributed by atoms with Gasteiger partial charge in [0.15, 0.2) is 0 Å². The Morgan fingerprint density at radius 3 is 2.50 bits per heavy atom. The molecule has 0 spiro atoms. The number of nitrogens with one attached hydrogen (secondary N) is 2. The van der Waals surface area contributed by atoms with Gasteiger partial charge in [0.25, 0.3) is 10.0 Å². The minimum absolute atomic E-state index is 0.0130. The summed E-state index contributed by atoms with van der Waals surface area (Å²) in [5.74, 6) is -0.546. The molecule has 34 heavy (non-hydrogen) atoms. The quantitative estimate of drug-likeness (QED) is 0.387. The Hall–Kier alpha value is -3.65. The van der Waals surface area contributed by atoms with Crippen molar-refractivity contribution < 1.29 is 22.3 Å². The molecule has 5 rings (SSSR count). The molecule has 0 aromatic heterocycles. The van der Waals surface area contributed by atoms with Gasteiger partial charge in [-0.3, -0.25) is 4.72 Å². The van der Waals surface area contributed by atoms with E-state index >= 15 is 0 Å². The molecule has 1 aliphatic carbocycles. The van der Waals surface area contributed by atoms with E-state index < -0.39 is 15.8 Å². The first-order valence-corrected chi connectivity index (χ1v) is 12.4. The highest BCUT2D eigenvalue weighted by Gasteiger charge is 2.38. The maximum atomic E-state index is 13.2. The van der Waals surface area contributed by atoms with Crippen molar-refractivity contribution in [1.29, 1.82) is 0 Å². The number of hydrogen-bond acceptors (Lipinski definition) is 5. The highest BCUT2D eigenvalue weighted by atomic mass is 32.2. The van der Waals surface area contributed by atoms with Crippen molar-refractivity contribution >= 4 is 27.4 Å². The van der Waals surface area contributed by atoms with E-state index in [0.717, 1.165) is 23.2 Å². The van der Waals surface area contributed by atoms with Crippen LogP contribution >= 0.6 is 0 Å². The molecule has 8 heteroatoms. The predicted octanol–water partition coefficient (Wildman–Crippen LogP) is 5.24. The number of halogens is 1. The topological polar surface area (TPSA) is 84.5 Å². The monoisotopic (exact) mass is 478 g/mol. The first kappa shape index (κ1) is 22.2. The normalized spacial score (nSPS) is 20.7. The molecule has 1 aliphatic heterocycles. The van der Waals surface area contributed by atoms with Gasteiger partial charge < -0.3 is 10.1 Å². The number of carbonyl (C=O) groups excluding carboxylic acids is 1. The largest absolute Gasteiger partial charge is 0.465 e. The van der Waals surface area contributed by atoms with Crippen molar-refractivity contribution in [2.24, 2.45) is 5.92 Å². The lowest BCUT2D eigenvalue weighted by atomic mass is 9.77. The summed E-state index contributed by atoms with van der Waals surface area (Å²) in [7, 11) is -2.48. The van der Waals surface area contributed by atoms with E-state index in [0.29, 0.717) is 11.3 Å². The van der Waals surface area contributed by atoms with Crippen LogP contribution in [-0.4, -0.2) is 21.5 Å². The van der Waals surface area contributed by atoms with Gasteiger partial charge in [0.05, 0.1) is 23.6 Å². The molecule has 0 fully saturated rings. The lowest BCUT2D eigenvalue weighted by Gasteiger charge is -2.37. The molecular formula is C26H23FN2O4S. The highest BCUT2D eigenvalue weighted by Crippen LogP contribution is 2.50. The minimum Gasteiger partial charge on any atom is -0.465 e. The third kappa shape index (κ3) is 4.05. The second-order valence-corrected chi connectivity index (χ2v) is 10.1. The Bertz CT molecular complexity index is 1370. The number of esters is 1. The van der Waals surface area contributed by atoms with E-state index in [1.807, 2.05) is 12.1 Å². The second kappa shape index (κ2) is 8.61. The van der Waals surface area contributed by atoms with Crippen LogP contribution in [0.3, 0.4) is 0 Å². The van der Waals surface area contributed by atoms with Gasteiger partial charge in [0, 0.05) is 17.3 Å². The van der Waals surface area contributed by atoms with E-state index in [2.05, 4.69) is 22.2 Å². The summed E-state index contributed by atoms with van der Waals surface area (Å²) in [5.41, 5.74) is 3.63. The number of benzene rings is 3. The molecule has 0 unspecified atom stereocenters. The van der Waals surface area contributed by atoms with E-state index in [9.17, 15) is 17.6 Å². The van der Waals surface area contributed by atoms with Gasteiger partial charge in [0.1, 0.15) is 5.82 Å². The van der Waals surface area contributed by atoms with Crippen molar-refractivity contribution in [2.75, 3.05) is 17.1 Å². The van der Waals surface area contributed by atoms with Crippen LogP contribution < -0.4 is 10.0 Å². The molecule has 0 radical (unpaired) electrons. The van der Waals surface area contributed by atoms with Crippen LogP contribution in [0.25, 0.3) is 0 Å². The van der Waals surface area contributed by atoms with Gasteiger partial charge in [0.2, 0.25) is 0 Å². The van der Waals surface area contributed by atoms with E-state index in [1.165, 1.54) is 31.4 Å². The Balaban J connectivity index is 1.44. The molecular weight excluding hydrogens is 455 g/mol. The second-order valence-electron chi connectivity index (χ2n) is 8.45. The van der Waals surface area contributed by atoms with Crippen LogP contribution in [0.4, 0.5) is 15.8 Å². The van der Waals surface area contributed by atoms with E-state index in [1.54, 1.807) is 30.3 Å². The fraction of sp³-hybridized carbons (Fsp3) is 0.192. The standard InChI is InChI=1S/C26H23FN2O4S/c1-33-26(30)17-7-5-16(6-8-17)25-22-4-2-3-21(22)23-15-20(13-14-24(23)28-25)34(31,32)29-19-11-9-18(27)10-12-19/h2-3,5-15,21-22,25,28-29H,4H2,1H3/t21-,22+,25+/m0/s1. The van der Waals surface area contributed by atoms with Crippen molar-refractivity contribution in [3.05, 3.63) is 101 Å². The lowest BCUT2D eigenvalue weighted by Crippen LogP contribution is -2.29. The van der Waals surface area contributed by atoms with Crippen molar-refractivity contribution in [3.8, 4) is 0 Å². The zero-order valence-electron chi connectivity index (χ0n) is 18.4. The Kier molecular flexibility index (Phi) is 5.61. The van der Waals surface area contributed by atoms with Gasteiger partial charge in [-0.1, -0.05) is 24.3 Å². The van der Waals surface area contributed by atoms with Crippen molar-refractivity contribution in [2.45, 2.75) is 23.3 Å². The van der Waals surface area contributed by atoms with Crippen LogP contribution in [0.5, 0.6) is 0 Å². The number of ether oxygens (including phenoxy) is 1. The first-order chi connectivity index (χ1) is 16.4. The highest BCUT2D eigenvalue weighted by molar-refractivity contribution is 7.92. The molecule has 3 aromatic rings. The number of anilines is 2. The molecule has 0 amide bonds. The Morgan fingerprint density at radius 1 is 1.06 bits per heavy atom. The van der Waals surface area contributed by atoms with E-state index in [4.69, 9.17) is 4.74 Å². The SMILES string of the molecule is COC(=O)c1ccc([C@H]2Nc3ccc(S(=O)(=O)Nc4ccc(F)cc4)cc3[C@H]3C=CC[C@H]32)cc1. The molecule has 174 valence electrons. The molecule has 2 aliphatic rings. The summed E-state index contributed by atoms with van der Waals surface area (Å²) >= 11 is 0. The van der Waals surface area contributed by atoms with Crippen molar-refractivity contribution in [3.63, 3.8) is 0 Å². The molecule has 0 saturated heterocycles.